The highest BCUT2D eigenvalue weighted by Gasteiger charge is 2.29. The van der Waals surface area contributed by atoms with Gasteiger partial charge < -0.3 is 4.90 Å². The number of aromatic amines is 1. The van der Waals surface area contributed by atoms with E-state index in [2.05, 4.69) is 36.0 Å². The molecule has 1 aliphatic heterocycles. The summed E-state index contributed by atoms with van der Waals surface area (Å²) in [5.74, 6) is 1.08. The Morgan fingerprint density at radius 3 is 2.67 bits per heavy atom. The molecule has 1 aliphatic rings. The van der Waals surface area contributed by atoms with Gasteiger partial charge in [0.15, 0.2) is 0 Å². The van der Waals surface area contributed by atoms with Crippen molar-refractivity contribution in [3.05, 3.63) is 11.6 Å². The number of rotatable bonds is 3. The van der Waals surface area contributed by atoms with Gasteiger partial charge in [-0.25, -0.2) is 4.98 Å². The van der Waals surface area contributed by atoms with Gasteiger partial charge in [-0.15, -0.1) is 5.10 Å². The van der Waals surface area contributed by atoms with Crippen molar-refractivity contribution >= 4 is 5.91 Å². The van der Waals surface area contributed by atoms with Gasteiger partial charge in [-0.3, -0.25) is 9.89 Å². The van der Waals surface area contributed by atoms with Gasteiger partial charge in [0.1, 0.15) is 5.82 Å². The average Bonchev–Trinajstić information content (AvgIpc) is 2.77. The second-order valence-electron chi connectivity index (χ2n) is 5.81. The van der Waals surface area contributed by atoms with Gasteiger partial charge in [-0.05, 0) is 24.7 Å². The lowest BCUT2D eigenvalue weighted by atomic mass is 9.83. The van der Waals surface area contributed by atoms with E-state index < -0.39 is 0 Å². The summed E-state index contributed by atoms with van der Waals surface area (Å²) in [6.07, 6.45) is 3.93. The van der Waals surface area contributed by atoms with Crippen LogP contribution >= 0.6 is 0 Å². The van der Waals surface area contributed by atoms with Crippen LogP contribution in [0.3, 0.4) is 0 Å². The quantitative estimate of drug-likeness (QED) is 0.892. The highest BCUT2D eigenvalue weighted by atomic mass is 16.2. The molecule has 100 valence electrons. The van der Waals surface area contributed by atoms with E-state index in [0.717, 1.165) is 44.6 Å². The third-order valence-corrected chi connectivity index (χ3v) is 3.61. The number of nitrogens with zero attached hydrogens (tertiary/aromatic N) is 3. The maximum absolute atomic E-state index is 12.2. The monoisotopic (exact) mass is 250 g/mol. The summed E-state index contributed by atoms with van der Waals surface area (Å²) < 4.78 is 0. The standard InChI is InChI=1S/C13H22N4O/c1-4-5-10-14-11(16-15-10)12(18)17-8-6-13(2,3)7-9-17/h4-9H2,1-3H3,(H,14,15,16). The molecule has 18 heavy (non-hydrogen) atoms. The number of likely N-dealkylation sites (tertiary alicyclic amines) is 1. The number of aromatic nitrogens is 3. The Kier molecular flexibility index (Phi) is 3.68. The number of carbonyl (C=O) groups is 1. The fourth-order valence-corrected chi connectivity index (χ4v) is 2.20. The summed E-state index contributed by atoms with van der Waals surface area (Å²) >= 11 is 0. The minimum absolute atomic E-state index is 0.0379. The summed E-state index contributed by atoms with van der Waals surface area (Å²) in [5.41, 5.74) is 0.350. The number of aryl methyl sites for hydroxylation is 1. The van der Waals surface area contributed by atoms with Crippen molar-refractivity contribution in [3.63, 3.8) is 0 Å². The van der Waals surface area contributed by atoms with Crippen LogP contribution in [0.5, 0.6) is 0 Å². The molecule has 2 heterocycles. The summed E-state index contributed by atoms with van der Waals surface area (Å²) in [4.78, 5) is 18.3. The molecule has 1 N–H and O–H groups in total. The highest BCUT2D eigenvalue weighted by molar-refractivity contribution is 5.90. The Bertz CT molecular complexity index is 414. The molecule has 0 bridgehead atoms. The van der Waals surface area contributed by atoms with Crippen LogP contribution in [0.15, 0.2) is 0 Å². The molecule has 1 amide bonds. The van der Waals surface area contributed by atoms with E-state index in [4.69, 9.17) is 0 Å². The summed E-state index contributed by atoms with van der Waals surface area (Å²) in [5, 5.41) is 6.85. The van der Waals surface area contributed by atoms with Crippen molar-refractivity contribution in [2.45, 2.75) is 46.5 Å². The molecule has 0 saturated carbocycles. The molecule has 2 rings (SSSR count). The molecular formula is C13H22N4O. The predicted molar refractivity (Wildman–Crippen MR) is 69.3 cm³/mol. The molecule has 5 heteroatoms. The highest BCUT2D eigenvalue weighted by Crippen LogP contribution is 2.29. The lowest BCUT2D eigenvalue weighted by Gasteiger charge is -2.36. The van der Waals surface area contributed by atoms with Crippen molar-refractivity contribution in [2.75, 3.05) is 13.1 Å². The van der Waals surface area contributed by atoms with E-state index in [1.807, 2.05) is 4.90 Å². The first-order valence-electron chi connectivity index (χ1n) is 6.72. The summed E-state index contributed by atoms with van der Waals surface area (Å²) in [6.45, 7) is 8.20. The Labute approximate surface area is 108 Å². The smallest absolute Gasteiger partial charge is 0.293 e. The Balaban J connectivity index is 1.98. The van der Waals surface area contributed by atoms with Gasteiger partial charge >= 0.3 is 0 Å². The summed E-state index contributed by atoms with van der Waals surface area (Å²) in [7, 11) is 0. The lowest BCUT2D eigenvalue weighted by molar-refractivity contribution is 0.0618. The molecule has 1 aromatic rings. The van der Waals surface area contributed by atoms with Crippen molar-refractivity contribution in [2.24, 2.45) is 5.41 Å². The molecule has 0 aliphatic carbocycles. The van der Waals surface area contributed by atoms with E-state index in [-0.39, 0.29) is 5.91 Å². The number of H-pyrrole nitrogens is 1. The maximum Gasteiger partial charge on any atom is 0.293 e. The van der Waals surface area contributed by atoms with Crippen LogP contribution < -0.4 is 0 Å². The van der Waals surface area contributed by atoms with E-state index >= 15 is 0 Å². The SMILES string of the molecule is CCCc1nc(C(=O)N2CCC(C)(C)CC2)n[nH]1. The predicted octanol–water partition coefficient (Wildman–Crippen LogP) is 2.02. The van der Waals surface area contributed by atoms with Crippen molar-refractivity contribution in [1.82, 2.24) is 20.1 Å². The zero-order valence-corrected chi connectivity index (χ0v) is 11.5. The van der Waals surface area contributed by atoms with Crippen LogP contribution in [0, 0.1) is 5.41 Å². The Morgan fingerprint density at radius 1 is 1.39 bits per heavy atom. The number of piperidine rings is 1. The van der Waals surface area contributed by atoms with Crippen LogP contribution in [-0.4, -0.2) is 39.1 Å². The zero-order chi connectivity index (χ0) is 13.2. The molecular weight excluding hydrogens is 228 g/mol. The second-order valence-corrected chi connectivity index (χ2v) is 5.81. The normalized spacial score (nSPS) is 18.9. The third-order valence-electron chi connectivity index (χ3n) is 3.61. The van der Waals surface area contributed by atoms with Gasteiger partial charge in [-0.1, -0.05) is 20.8 Å². The molecule has 0 spiro atoms. The van der Waals surface area contributed by atoms with Gasteiger partial charge in [0.2, 0.25) is 5.82 Å². The van der Waals surface area contributed by atoms with Crippen molar-refractivity contribution < 1.29 is 4.79 Å². The lowest BCUT2D eigenvalue weighted by Crippen LogP contribution is -2.41. The van der Waals surface area contributed by atoms with Crippen molar-refractivity contribution in [1.29, 1.82) is 0 Å². The largest absolute Gasteiger partial charge is 0.336 e. The van der Waals surface area contributed by atoms with Crippen LogP contribution in [0.4, 0.5) is 0 Å². The molecule has 0 radical (unpaired) electrons. The zero-order valence-electron chi connectivity index (χ0n) is 11.5. The first-order chi connectivity index (χ1) is 8.52. The second kappa shape index (κ2) is 5.08. The molecule has 5 nitrogen and oxygen atoms in total. The topological polar surface area (TPSA) is 61.9 Å². The third kappa shape index (κ3) is 2.89. The van der Waals surface area contributed by atoms with E-state index in [0.29, 0.717) is 11.2 Å². The molecule has 0 unspecified atom stereocenters. The minimum Gasteiger partial charge on any atom is -0.336 e. The first kappa shape index (κ1) is 13.1. The van der Waals surface area contributed by atoms with E-state index in [1.54, 1.807) is 0 Å². The number of nitrogens with one attached hydrogen (secondary N) is 1. The van der Waals surface area contributed by atoms with E-state index in [1.165, 1.54) is 0 Å². The van der Waals surface area contributed by atoms with Crippen molar-refractivity contribution in [3.8, 4) is 0 Å². The molecule has 1 fully saturated rings. The fourth-order valence-electron chi connectivity index (χ4n) is 2.20. The number of amides is 1. The van der Waals surface area contributed by atoms with Gasteiger partial charge in [0.05, 0.1) is 0 Å². The molecule has 0 aromatic carbocycles. The molecule has 1 aromatic heterocycles. The van der Waals surface area contributed by atoms with E-state index in [9.17, 15) is 4.79 Å². The number of hydrogen-bond donors (Lipinski definition) is 1. The number of carbonyl (C=O) groups excluding carboxylic acids is 1. The fraction of sp³-hybridized carbons (Fsp3) is 0.769. The first-order valence-corrected chi connectivity index (χ1v) is 6.72. The van der Waals surface area contributed by atoms with Crippen LogP contribution in [0.25, 0.3) is 0 Å². The van der Waals surface area contributed by atoms with Crippen LogP contribution in [0.2, 0.25) is 0 Å². The van der Waals surface area contributed by atoms with Gasteiger partial charge in [-0.2, -0.15) is 0 Å². The minimum atomic E-state index is -0.0379. The summed E-state index contributed by atoms with van der Waals surface area (Å²) in [6, 6.07) is 0. The Hall–Kier alpha value is -1.39. The average molecular weight is 250 g/mol. The molecule has 1 saturated heterocycles. The Morgan fingerprint density at radius 2 is 2.06 bits per heavy atom. The van der Waals surface area contributed by atoms with Gasteiger partial charge in [0.25, 0.3) is 5.91 Å². The van der Waals surface area contributed by atoms with Crippen LogP contribution in [-0.2, 0) is 6.42 Å². The maximum atomic E-state index is 12.2. The van der Waals surface area contributed by atoms with Gasteiger partial charge in [0, 0.05) is 19.5 Å². The van der Waals surface area contributed by atoms with Crippen LogP contribution in [0.1, 0.15) is 56.5 Å². The number of hydrogen-bond acceptors (Lipinski definition) is 3. The molecule has 0 atom stereocenters.